The van der Waals surface area contributed by atoms with E-state index in [9.17, 15) is 4.39 Å². The van der Waals surface area contributed by atoms with Crippen LogP contribution in [0.5, 0.6) is 0 Å². The van der Waals surface area contributed by atoms with Crippen molar-refractivity contribution in [1.29, 1.82) is 0 Å². The second-order valence-corrected chi connectivity index (χ2v) is 6.37. The average molecular weight is 367 g/mol. The van der Waals surface area contributed by atoms with Gasteiger partial charge in [-0.3, -0.25) is 4.99 Å². The lowest BCUT2D eigenvalue weighted by Gasteiger charge is -2.23. The summed E-state index contributed by atoms with van der Waals surface area (Å²) in [4.78, 5) is 12.4. The van der Waals surface area contributed by atoms with E-state index in [2.05, 4.69) is 15.3 Å². The van der Waals surface area contributed by atoms with Crippen LogP contribution in [0.15, 0.2) is 29.4 Å². The molecule has 0 radical (unpaired) electrons. The molecule has 6 nitrogen and oxygen atoms in total. The van der Waals surface area contributed by atoms with Crippen molar-refractivity contribution in [3.8, 4) is 0 Å². The monoisotopic (exact) mass is 366 g/mol. The lowest BCUT2D eigenvalue weighted by Crippen LogP contribution is -2.38. The third-order valence-corrected chi connectivity index (χ3v) is 4.27. The molecule has 0 aliphatic carbocycles. The smallest absolute Gasteiger partial charge is 0.204 e. The molecule has 0 aliphatic heterocycles. The van der Waals surface area contributed by atoms with E-state index >= 15 is 0 Å². The van der Waals surface area contributed by atoms with Crippen LogP contribution >= 0.6 is 11.6 Å². The normalized spacial score (nSPS) is 11.6. The van der Waals surface area contributed by atoms with E-state index in [1.54, 1.807) is 19.2 Å². The predicted octanol–water partition coefficient (Wildman–Crippen LogP) is 2.49. The average Bonchev–Trinajstić information content (AvgIpc) is 2.93. The molecule has 25 heavy (non-hydrogen) atoms. The predicted molar refractivity (Wildman–Crippen MR) is 101 cm³/mol. The second kappa shape index (κ2) is 8.20. The van der Waals surface area contributed by atoms with Crippen molar-refractivity contribution in [2.75, 3.05) is 33.1 Å². The van der Waals surface area contributed by atoms with E-state index in [4.69, 9.17) is 11.6 Å². The number of hydrogen-bond donors (Lipinski definition) is 1. The first kappa shape index (κ1) is 19.1. The lowest BCUT2D eigenvalue weighted by molar-refractivity contribution is 0.459. The summed E-state index contributed by atoms with van der Waals surface area (Å²) >= 11 is 6.10. The van der Waals surface area contributed by atoms with E-state index in [0.717, 1.165) is 11.6 Å². The van der Waals surface area contributed by atoms with Gasteiger partial charge in [0.05, 0.1) is 18.4 Å². The molecule has 0 unspecified atom stereocenters. The summed E-state index contributed by atoms with van der Waals surface area (Å²) < 4.78 is 16.0. The van der Waals surface area contributed by atoms with Crippen LogP contribution in [-0.2, 0) is 20.1 Å². The molecule has 0 spiro atoms. The number of nitrogens with one attached hydrogen (secondary N) is 1. The van der Waals surface area contributed by atoms with Crippen LogP contribution in [0.3, 0.4) is 0 Å². The minimum Gasteiger partial charge on any atom is -0.351 e. The molecule has 0 bridgehead atoms. The molecule has 2 rings (SSSR count). The fourth-order valence-electron chi connectivity index (χ4n) is 2.56. The summed E-state index contributed by atoms with van der Waals surface area (Å²) in [7, 11) is 9.39. The molecule has 0 aliphatic rings. The summed E-state index contributed by atoms with van der Waals surface area (Å²) in [5.41, 5.74) is 1.47. The molecule has 0 atom stereocenters. The fourth-order valence-corrected chi connectivity index (χ4v) is 2.79. The zero-order valence-corrected chi connectivity index (χ0v) is 16.0. The number of imidazole rings is 1. The summed E-state index contributed by atoms with van der Waals surface area (Å²) in [6.45, 7) is 0.874. The first-order chi connectivity index (χ1) is 11.8. The van der Waals surface area contributed by atoms with E-state index < -0.39 is 0 Å². The Bertz CT molecular complexity index is 735. The first-order valence-corrected chi connectivity index (χ1v) is 8.25. The Balaban J connectivity index is 2.05. The Labute approximate surface area is 152 Å². The molecule has 1 heterocycles. The van der Waals surface area contributed by atoms with Gasteiger partial charge in [-0.15, -0.1) is 0 Å². The van der Waals surface area contributed by atoms with E-state index in [1.165, 1.54) is 6.07 Å². The van der Waals surface area contributed by atoms with Crippen molar-refractivity contribution in [2.24, 2.45) is 12.0 Å². The van der Waals surface area contributed by atoms with Crippen molar-refractivity contribution in [3.05, 3.63) is 46.5 Å². The maximum atomic E-state index is 14.0. The Hall–Kier alpha value is -2.28. The van der Waals surface area contributed by atoms with Gasteiger partial charge in [0.1, 0.15) is 5.82 Å². The van der Waals surface area contributed by atoms with Crippen LogP contribution in [0.4, 0.5) is 10.3 Å². The summed E-state index contributed by atoms with van der Waals surface area (Å²) in [6.07, 6.45) is 1.82. The zero-order chi connectivity index (χ0) is 18.6. The summed E-state index contributed by atoms with van der Waals surface area (Å²) in [6, 6.07) is 4.69. The van der Waals surface area contributed by atoms with Crippen LogP contribution in [0, 0.1) is 5.82 Å². The molecular formula is C17H24ClFN6. The molecule has 1 aromatic heterocycles. The zero-order valence-electron chi connectivity index (χ0n) is 15.2. The number of anilines is 1. The van der Waals surface area contributed by atoms with Gasteiger partial charge in [-0.2, -0.15) is 0 Å². The molecule has 1 N–H and O–H groups in total. The van der Waals surface area contributed by atoms with Crippen LogP contribution in [-0.4, -0.2) is 48.6 Å². The minimum absolute atomic E-state index is 0.319. The molecule has 0 amide bonds. The van der Waals surface area contributed by atoms with Crippen molar-refractivity contribution in [3.63, 3.8) is 0 Å². The van der Waals surface area contributed by atoms with Gasteiger partial charge in [-0.1, -0.05) is 17.7 Å². The number of aliphatic imine (C=N–C) groups is 1. The third-order valence-electron chi connectivity index (χ3n) is 3.92. The molecule has 0 fully saturated rings. The molecule has 1 aromatic carbocycles. The van der Waals surface area contributed by atoms with Gasteiger partial charge in [0.15, 0.2) is 5.96 Å². The molecule has 8 heteroatoms. The quantitative estimate of drug-likeness (QED) is 0.652. The second-order valence-electron chi connectivity index (χ2n) is 5.96. The number of aromatic nitrogens is 2. The minimum atomic E-state index is -0.322. The van der Waals surface area contributed by atoms with Crippen molar-refractivity contribution in [1.82, 2.24) is 19.8 Å². The number of hydrogen-bond acceptors (Lipinski definition) is 3. The van der Waals surface area contributed by atoms with Gasteiger partial charge < -0.3 is 19.7 Å². The number of rotatable bonds is 5. The van der Waals surface area contributed by atoms with Gasteiger partial charge in [-0.25, -0.2) is 9.37 Å². The van der Waals surface area contributed by atoms with E-state index in [0.29, 0.717) is 29.6 Å². The topological polar surface area (TPSA) is 48.7 Å². The molecular weight excluding hydrogens is 343 g/mol. The summed E-state index contributed by atoms with van der Waals surface area (Å²) in [5.74, 6) is 1.20. The van der Waals surface area contributed by atoms with Crippen molar-refractivity contribution >= 4 is 23.5 Å². The molecule has 136 valence electrons. The highest BCUT2D eigenvalue weighted by Crippen LogP contribution is 2.20. The van der Waals surface area contributed by atoms with Crippen molar-refractivity contribution < 1.29 is 4.39 Å². The van der Waals surface area contributed by atoms with Crippen molar-refractivity contribution in [2.45, 2.75) is 13.1 Å². The fraction of sp³-hybridized carbons (Fsp3) is 0.412. The van der Waals surface area contributed by atoms with Gasteiger partial charge >= 0.3 is 0 Å². The van der Waals surface area contributed by atoms with Crippen LogP contribution < -0.4 is 10.2 Å². The SMILES string of the molecule is CN=C(NCc1cnc(N(C)C)n1C)N(C)Cc1c(F)cccc1Cl. The highest BCUT2D eigenvalue weighted by Gasteiger charge is 2.14. The van der Waals surface area contributed by atoms with Crippen LogP contribution in [0.25, 0.3) is 0 Å². The van der Waals surface area contributed by atoms with Crippen LogP contribution in [0.1, 0.15) is 11.3 Å². The molecule has 0 saturated carbocycles. The highest BCUT2D eigenvalue weighted by atomic mass is 35.5. The largest absolute Gasteiger partial charge is 0.351 e. The Kier molecular flexibility index (Phi) is 6.25. The number of halogens is 2. The highest BCUT2D eigenvalue weighted by molar-refractivity contribution is 6.31. The lowest BCUT2D eigenvalue weighted by atomic mass is 10.2. The standard InChI is InChI=1S/C17H24ClFN6/c1-20-16(21-9-12-10-22-17(23(2)3)25(12)5)24(4)11-13-14(18)7-6-8-15(13)19/h6-8,10H,9,11H2,1-5H3,(H,20,21). The third kappa shape index (κ3) is 4.42. The maximum absolute atomic E-state index is 14.0. The molecule has 0 saturated heterocycles. The van der Waals surface area contributed by atoms with Gasteiger partial charge in [0.25, 0.3) is 0 Å². The summed E-state index contributed by atoms with van der Waals surface area (Å²) in [5, 5.41) is 3.68. The number of nitrogens with zero attached hydrogens (tertiary/aromatic N) is 5. The Morgan fingerprint density at radius 3 is 2.64 bits per heavy atom. The van der Waals surface area contributed by atoms with Gasteiger partial charge in [-0.05, 0) is 12.1 Å². The maximum Gasteiger partial charge on any atom is 0.204 e. The number of guanidine groups is 1. The first-order valence-electron chi connectivity index (χ1n) is 7.87. The number of benzene rings is 1. The van der Waals surface area contributed by atoms with Crippen LogP contribution in [0.2, 0.25) is 5.02 Å². The Morgan fingerprint density at radius 1 is 1.36 bits per heavy atom. The van der Waals surface area contributed by atoms with Gasteiger partial charge in [0, 0.05) is 52.4 Å². The molecule has 2 aromatic rings. The Morgan fingerprint density at radius 2 is 2.08 bits per heavy atom. The van der Waals surface area contributed by atoms with Gasteiger partial charge in [0.2, 0.25) is 5.95 Å². The van der Waals surface area contributed by atoms with E-state index in [-0.39, 0.29) is 5.82 Å². The van der Waals surface area contributed by atoms with E-state index in [1.807, 2.05) is 48.8 Å².